The molecule has 5 heteroatoms. The summed E-state index contributed by atoms with van der Waals surface area (Å²) in [6, 6.07) is -0.256. The maximum absolute atomic E-state index is 9.88. The quantitative estimate of drug-likeness (QED) is 0.417. The van der Waals surface area contributed by atoms with Crippen LogP contribution in [-0.4, -0.2) is 57.4 Å². The Morgan fingerprint density at radius 3 is 2.29 bits per heavy atom. The predicted molar refractivity (Wildman–Crippen MR) is 64.6 cm³/mol. The van der Waals surface area contributed by atoms with Crippen LogP contribution in [0.1, 0.15) is 39.0 Å². The molecule has 0 aromatic carbocycles. The molecule has 0 bridgehead atoms. The number of unbranched alkanes of at least 4 members (excludes halogenated alkanes) is 3. The summed E-state index contributed by atoms with van der Waals surface area (Å²) in [5, 5.41) is 41.6. The molecule has 0 aliphatic carbocycles. The molecule has 0 saturated carbocycles. The van der Waals surface area contributed by atoms with E-state index in [0.717, 1.165) is 32.1 Å². The first-order valence-electron chi connectivity index (χ1n) is 6.53. The molecule has 1 fully saturated rings. The third kappa shape index (κ3) is 4.19. The summed E-state index contributed by atoms with van der Waals surface area (Å²) in [6.07, 6.45) is 0.525. The summed E-state index contributed by atoms with van der Waals surface area (Å²) in [5.74, 6) is 0. The number of aliphatic hydroxyl groups excluding tert-OH is 4. The lowest BCUT2D eigenvalue weighted by molar-refractivity contribution is -0.0960. The molecule has 1 heterocycles. The van der Waals surface area contributed by atoms with Gasteiger partial charge < -0.3 is 25.7 Å². The molecule has 1 saturated heterocycles. The molecule has 1 aliphatic heterocycles. The summed E-state index contributed by atoms with van der Waals surface area (Å²) in [4.78, 5) is 0. The largest absolute Gasteiger partial charge is 0.389 e. The molecule has 102 valence electrons. The lowest BCUT2D eigenvalue weighted by atomic mass is 9.97. The van der Waals surface area contributed by atoms with Gasteiger partial charge in [0, 0.05) is 12.6 Å². The van der Waals surface area contributed by atoms with Gasteiger partial charge in [0.05, 0.1) is 12.2 Å². The summed E-state index contributed by atoms with van der Waals surface area (Å²) >= 11 is 0. The zero-order chi connectivity index (χ0) is 12.8. The lowest BCUT2D eigenvalue weighted by Crippen LogP contribution is -2.47. The SMILES string of the molecule is CCCCCC[C@@H]1NC[C@H](O)[C@@H](O)[C@H](O)[C@H]1O. The highest BCUT2D eigenvalue weighted by Gasteiger charge is 2.37. The summed E-state index contributed by atoms with van der Waals surface area (Å²) < 4.78 is 0. The second-order valence-electron chi connectivity index (χ2n) is 4.90. The number of hydrogen-bond donors (Lipinski definition) is 5. The molecule has 1 aliphatic rings. The summed E-state index contributed by atoms with van der Waals surface area (Å²) in [7, 11) is 0. The van der Waals surface area contributed by atoms with Crippen molar-refractivity contribution in [2.24, 2.45) is 0 Å². The van der Waals surface area contributed by atoms with Gasteiger partial charge in [0.2, 0.25) is 0 Å². The Morgan fingerprint density at radius 1 is 0.941 bits per heavy atom. The van der Waals surface area contributed by atoms with Gasteiger partial charge in [0.15, 0.2) is 0 Å². The van der Waals surface area contributed by atoms with Crippen molar-refractivity contribution in [1.29, 1.82) is 0 Å². The monoisotopic (exact) mass is 247 g/mol. The first kappa shape index (κ1) is 14.9. The van der Waals surface area contributed by atoms with Crippen molar-refractivity contribution < 1.29 is 20.4 Å². The molecule has 17 heavy (non-hydrogen) atoms. The molecule has 1 rings (SSSR count). The normalized spacial score (nSPS) is 39.0. The molecule has 5 atom stereocenters. The Labute approximate surface area is 102 Å². The lowest BCUT2D eigenvalue weighted by Gasteiger charge is -2.26. The zero-order valence-corrected chi connectivity index (χ0v) is 10.4. The Kier molecular flexibility index (Phi) is 6.37. The topological polar surface area (TPSA) is 93.0 Å². The predicted octanol–water partition coefficient (Wildman–Crippen LogP) is -0.628. The highest BCUT2D eigenvalue weighted by molar-refractivity contribution is 4.93. The van der Waals surface area contributed by atoms with Crippen molar-refractivity contribution in [2.45, 2.75) is 69.5 Å². The Balaban J connectivity index is 2.43. The molecule has 0 unspecified atom stereocenters. The molecule has 5 N–H and O–H groups in total. The molecule has 0 radical (unpaired) electrons. The van der Waals surface area contributed by atoms with E-state index in [-0.39, 0.29) is 12.6 Å². The zero-order valence-electron chi connectivity index (χ0n) is 10.4. The van der Waals surface area contributed by atoms with Crippen LogP contribution in [0, 0.1) is 0 Å². The highest BCUT2D eigenvalue weighted by Crippen LogP contribution is 2.17. The van der Waals surface area contributed by atoms with Gasteiger partial charge >= 0.3 is 0 Å². The minimum Gasteiger partial charge on any atom is -0.389 e. The number of nitrogens with one attached hydrogen (secondary N) is 1. The first-order chi connectivity index (χ1) is 8.07. The Hall–Kier alpha value is -0.200. The molecule has 0 spiro atoms. The van der Waals surface area contributed by atoms with Crippen LogP contribution in [0.5, 0.6) is 0 Å². The minimum atomic E-state index is -1.28. The van der Waals surface area contributed by atoms with Gasteiger partial charge in [-0.1, -0.05) is 32.6 Å². The molecule has 5 nitrogen and oxygen atoms in total. The van der Waals surface area contributed by atoms with E-state index < -0.39 is 24.4 Å². The smallest absolute Gasteiger partial charge is 0.110 e. The van der Waals surface area contributed by atoms with E-state index in [4.69, 9.17) is 0 Å². The van der Waals surface area contributed by atoms with Gasteiger partial charge in [-0.05, 0) is 6.42 Å². The van der Waals surface area contributed by atoms with Crippen LogP contribution in [0.25, 0.3) is 0 Å². The van der Waals surface area contributed by atoms with E-state index in [1.165, 1.54) is 0 Å². The Morgan fingerprint density at radius 2 is 1.65 bits per heavy atom. The first-order valence-corrected chi connectivity index (χ1v) is 6.53. The molecule has 0 aromatic heterocycles. The van der Waals surface area contributed by atoms with Crippen molar-refractivity contribution in [3.8, 4) is 0 Å². The van der Waals surface area contributed by atoms with Crippen LogP contribution in [0.3, 0.4) is 0 Å². The van der Waals surface area contributed by atoms with Crippen LogP contribution in [0.15, 0.2) is 0 Å². The molecular formula is C12H25NO4. The fraction of sp³-hybridized carbons (Fsp3) is 1.00. The van der Waals surface area contributed by atoms with Crippen molar-refractivity contribution in [3.63, 3.8) is 0 Å². The van der Waals surface area contributed by atoms with Gasteiger partial charge in [-0.25, -0.2) is 0 Å². The highest BCUT2D eigenvalue weighted by atomic mass is 16.4. The number of hydrogen-bond acceptors (Lipinski definition) is 5. The standard InChI is InChI=1S/C12H25NO4/c1-2-3-4-5-6-8-10(15)12(17)11(16)9(14)7-13-8/h8-17H,2-7H2,1H3/t8-,9-,10-,11+,12+/m0/s1. The van der Waals surface area contributed by atoms with Crippen LogP contribution >= 0.6 is 0 Å². The van der Waals surface area contributed by atoms with E-state index in [1.807, 2.05) is 0 Å². The van der Waals surface area contributed by atoms with Gasteiger partial charge in [0.25, 0.3) is 0 Å². The Bertz CT molecular complexity index is 215. The van der Waals surface area contributed by atoms with Crippen molar-refractivity contribution in [3.05, 3.63) is 0 Å². The van der Waals surface area contributed by atoms with Gasteiger partial charge in [-0.15, -0.1) is 0 Å². The number of β-amino-alcohol motifs (C(OH)–C–C–N with tert-alkyl or cyclic N) is 1. The molecular weight excluding hydrogens is 222 g/mol. The van der Waals surface area contributed by atoms with E-state index in [9.17, 15) is 20.4 Å². The molecule has 0 aromatic rings. The van der Waals surface area contributed by atoms with E-state index in [1.54, 1.807) is 0 Å². The van der Waals surface area contributed by atoms with E-state index >= 15 is 0 Å². The van der Waals surface area contributed by atoms with E-state index in [2.05, 4.69) is 12.2 Å². The fourth-order valence-electron chi connectivity index (χ4n) is 2.25. The van der Waals surface area contributed by atoms with Gasteiger partial charge in [0.1, 0.15) is 12.2 Å². The van der Waals surface area contributed by atoms with Crippen LogP contribution in [0.2, 0.25) is 0 Å². The van der Waals surface area contributed by atoms with Crippen LogP contribution in [0.4, 0.5) is 0 Å². The van der Waals surface area contributed by atoms with Crippen LogP contribution < -0.4 is 5.32 Å². The minimum absolute atomic E-state index is 0.202. The second kappa shape index (κ2) is 7.28. The third-order valence-electron chi connectivity index (χ3n) is 3.46. The maximum atomic E-state index is 9.88. The summed E-state index contributed by atoms with van der Waals surface area (Å²) in [5.41, 5.74) is 0. The molecule has 0 amide bonds. The van der Waals surface area contributed by atoms with Gasteiger partial charge in [-0.3, -0.25) is 0 Å². The average molecular weight is 247 g/mol. The summed E-state index contributed by atoms with van der Waals surface area (Å²) in [6.45, 7) is 2.34. The third-order valence-corrected chi connectivity index (χ3v) is 3.46. The van der Waals surface area contributed by atoms with Gasteiger partial charge in [-0.2, -0.15) is 0 Å². The van der Waals surface area contributed by atoms with Crippen LogP contribution in [-0.2, 0) is 0 Å². The fourth-order valence-corrected chi connectivity index (χ4v) is 2.25. The second-order valence-corrected chi connectivity index (χ2v) is 4.90. The number of rotatable bonds is 5. The average Bonchev–Trinajstić information content (AvgIpc) is 2.41. The maximum Gasteiger partial charge on any atom is 0.110 e. The van der Waals surface area contributed by atoms with Crippen molar-refractivity contribution >= 4 is 0 Å². The van der Waals surface area contributed by atoms with Crippen molar-refractivity contribution in [2.75, 3.05) is 6.54 Å². The number of aliphatic hydroxyl groups is 4. The van der Waals surface area contributed by atoms with E-state index in [0.29, 0.717) is 0 Å². The van der Waals surface area contributed by atoms with Crippen molar-refractivity contribution in [1.82, 2.24) is 5.32 Å².